The smallest absolute Gasteiger partial charge is 0.180 e. The summed E-state index contributed by atoms with van der Waals surface area (Å²) < 4.78 is 6.29. The Balaban J connectivity index is 1.95. The second-order valence-electron chi connectivity index (χ2n) is 6.80. The van der Waals surface area contributed by atoms with Gasteiger partial charge < -0.3 is 10.1 Å². The van der Waals surface area contributed by atoms with Crippen molar-refractivity contribution in [2.24, 2.45) is 4.99 Å². The normalized spacial score (nSPS) is 21.0. The number of rotatable bonds is 4. The van der Waals surface area contributed by atoms with Gasteiger partial charge >= 0.3 is 0 Å². The maximum absolute atomic E-state index is 6.29. The van der Waals surface area contributed by atoms with E-state index in [1.54, 1.807) is 0 Å². The number of ether oxygens (including phenoxy) is 1. The Morgan fingerprint density at radius 2 is 1.65 bits per heavy atom. The highest BCUT2D eigenvalue weighted by Gasteiger charge is 2.32. The topological polar surface area (TPSA) is 33.6 Å². The van der Waals surface area contributed by atoms with Gasteiger partial charge in [0.1, 0.15) is 11.6 Å². The van der Waals surface area contributed by atoms with Gasteiger partial charge in [0.05, 0.1) is 6.04 Å². The Kier molecular flexibility index (Phi) is 4.37. The van der Waals surface area contributed by atoms with E-state index in [1.807, 2.05) is 48.5 Å². The van der Waals surface area contributed by atoms with E-state index in [-0.39, 0.29) is 17.7 Å². The number of aliphatic imine (C=N–C) groups is 1. The largest absolute Gasteiger partial charge is 0.478 e. The van der Waals surface area contributed by atoms with E-state index in [1.165, 1.54) is 0 Å². The van der Waals surface area contributed by atoms with Crippen molar-refractivity contribution in [3.8, 4) is 5.75 Å². The first-order valence-electron chi connectivity index (χ1n) is 8.16. The van der Waals surface area contributed by atoms with Gasteiger partial charge in [-0.05, 0) is 44.9 Å². The number of benzene rings is 2. The Hall–Kier alpha value is -2.29. The molecule has 120 valence electrons. The lowest BCUT2D eigenvalue weighted by molar-refractivity contribution is 0.252. The molecule has 0 fully saturated rings. The molecule has 2 aromatic rings. The standard InChI is InChI=1S/C20H24N2O/c1-15-14-20(2,3)22-19(21-15)18(16-10-6-4-7-11-16)23-17-12-8-5-9-13-17/h4-13,15,18H,14H2,1-3H3,(H,21,22). The lowest BCUT2D eigenvalue weighted by atomic mass is 9.92. The van der Waals surface area contributed by atoms with Crippen LogP contribution in [0.4, 0.5) is 0 Å². The van der Waals surface area contributed by atoms with Crippen molar-refractivity contribution in [3.63, 3.8) is 0 Å². The summed E-state index contributed by atoms with van der Waals surface area (Å²) >= 11 is 0. The zero-order valence-electron chi connectivity index (χ0n) is 14.0. The molecule has 0 aliphatic carbocycles. The molecule has 1 aliphatic rings. The quantitative estimate of drug-likeness (QED) is 0.910. The average molecular weight is 308 g/mol. The van der Waals surface area contributed by atoms with Crippen molar-refractivity contribution >= 4 is 5.84 Å². The predicted molar refractivity (Wildman–Crippen MR) is 95.0 cm³/mol. The highest BCUT2D eigenvalue weighted by molar-refractivity contribution is 5.89. The van der Waals surface area contributed by atoms with E-state index >= 15 is 0 Å². The van der Waals surface area contributed by atoms with Gasteiger partial charge in [0.2, 0.25) is 0 Å². The van der Waals surface area contributed by atoms with Gasteiger partial charge in [-0.15, -0.1) is 0 Å². The summed E-state index contributed by atoms with van der Waals surface area (Å²) in [6, 6.07) is 20.5. The summed E-state index contributed by atoms with van der Waals surface area (Å²) in [6.45, 7) is 6.58. The fourth-order valence-corrected chi connectivity index (χ4v) is 3.13. The van der Waals surface area contributed by atoms with E-state index in [0.717, 1.165) is 23.6 Å². The van der Waals surface area contributed by atoms with Crippen molar-refractivity contribution in [3.05, 3.63) is 66.2 Å². The van der Waals surface area contributed by atoms with Gasteiger partial charge in [-0.1, -0.05) is 48.5 Å². The molecule has 0 saturated carbocycles. The van der Waals surface area contributed by atoms with Crippen molar-refractivity contribution in [2.75, 3.05) is 0 Å². The maximum Gasteiger partial charge on any atom is 0.180 e. The van der Waals surface area contributed by atoms with E-state index in [4.69, 9.17) is 9.73 Å². The summed E-state index contributed by atoms with van der Waals surface area (Å²) in [6.07, 6.45) is 0.796. The van der Waals surface area contributed by atoms with Crippen molar-refractivity contribution in [2.45, 2.75) is 44.9 Å². The van der Waals surface area contributed by atoms with Crippen LogP contribution in [0.1, 0.15) is 38.9 Å². The van der Waals surface area contributed by atoms with Crippen molar-refractivity contribution in [1.29, 1.82) is 0 Å². The third-order valence-corrected chi connectivity index (χ3v) is 3.98. The summed E-state index contributed by atoms with van der Waals surface area (Å²) in [4.78, 5) is 4.83. The molecule has 0 saturated heterocycles. The monoisotopic (exact) mass is 308 g/mol. The SMILES string of the molecule is CC1CC(C)(C)NC(C(Oc2ccccc2)c2ccccc2)=N1. The molecule has 2 unspecified atom stereocenters. The van der Waals surface area contributed by atoms with Gasteiger partial charge in [-0.25, -0.2) is 0 Å². The van der Waals surface area contributed by atoms with Gasteiger partial charge in [0, 0.05) is 5.54 Å². The molecular weight excluding hydrogens is 284 g/mol. The molecular formula is C20H24N2O. The van der Waals surface area contributed by atoms with Gasteiger partial charge in [0.15, 0.2) is 6.10 Å². The van der Waals surface area contributed by atoms with Crippen LogP contribution in [-0.4, -0.2) is 17.4 Å². The molecule has 3 heteroatoms. The van der Waals surface area contributed by atoms with E-state index in [9.17, 15) is 0 Å². The number of para-hydroxylation sites is 1. The zero-order chi connectivity index (χ0) is 16.3. The highest BCUT2D eigenvalue weighted by Crippen LogP contribution is 2.27. The average Bonchev–Trinajstić information content (AvgIpc) is 2.52. The van der Waals surface area contributed by atoms with Crippen LogP contribution >= 0.6 is 0 Å². The maximum atomic E-state index is 6.29. The lowest BCUT2D eigenvalue weighted by Crippen LogP contribution is -2.51. The molecule has 0 aromatic heterocycles. The highest BCUT2D eigenvalue weighted by atomic mass is 16.5. The van der Waals surface area contributed by atoms with Gasteiger partial charge in [-0.3, -0.25) is 4.99 Å². The fraction of sp³-hybridized carbons (Fsp3) is 0.350. The fourth-order valence-electron chi connectivity index (χ4n) is 3.13. The molecule has 0 bridgehead atoms. The minimum atomic E-state index is -0.222. The van der Waals surface area contributed by atoms with Crippen LogP contribution in [-0.2, 0) is 0 Å². The molecule has 2 aromatic carbocycles. The second kappa shape index (κ2) is 6.45. The predicted octanol–water partition coefficient (Wildman–Crippen LogP) is 4.37. The molecule has 1 heterocycles. The van der Waals surface area contributed by atoms with Gasteiger partial charge in [-0.2, -0.15) is 0 Å². The van der Waals surface area contributed by atoms with Crippen LogP contribution < -0.4 is 10.1 Å². The minimum Gasteiger partial charge on any atom is -0.478 e. The molecule has 0 spiro atoms. The molecule has 23 heavy (non-hydrogen) atoms. The molecule has 0 amide bonds. The van der Waals surface area contributed by atoms with Crippen LogP contribution in [0.15, 0.2) is 65.7 Å². The number of amidine groups is 1. The molecule has 2 atom stereocenters. The molecule has 3 nitrogen and oxygen atoms in total. The van der Waals surface area contributed by atoms with Crippen LogP contribution in [0, 0.1) is 0 Å². The zero-order valence-corrected chi connectivity index (χ0v) is 14.0. The van der Waals surface area contributed by atoms with E-state index < -0.39 is 0 Å². The lowest BCUT2D eigenvalue weighted by Gasteiger charge is -2.37. The Morgan fingerprint density at radius 3 is 2.26 bits per heavy atom. The summed E-state index contributed by atoms with van der Waals surface area (Å²) in [5.74, 6) is 1.76. The third kappa shape index (κ3) is 3.92. The molecule has 1 N–H and O–H groups in total. The number of nitrogens with one attached hydrogen (secondary N) is 1. The molecule has 0 radical (unpaired) electrons. The van der Waals surface area contributed by atoms with Crippen LogP contribution in [0.5, 0.6) is 5.75 Å². The number of hydrogen-bond acceptors (Lipinski definition) is 3. The number of hydrogen-bond donors (Lipinski definition) is 1. The Morgan fingerprint density at radius 1 is 1.04 bits per heavy atom. The summed E-state index contributed by atoms with van der Waals surface area (Å²) in [7, 11) is 0. The first-order valence-corrected chi connectivity index (χ1v) is 8.16. The van der Waals surface area contributed by atoms with Crippen LogP contribution in [0.25, 0.3) is 0 Å². The van der Waals surface area contributed by atoms with Crippen molar-refractivity contribution < 1.29 is 4.74 Å². The molecule has 3 rings (SSSR count). The summed E-state index contributed by atoms with van der Waals surface area (Å²) in [5.41, 5.74) is 1.12. The van der Waals surface area contributed by atoms with E-state index in [2.05, 4.69) is 38.2 Å². The Bertz CT molecular complexity index is 665. The van der Waals surface area contributed by atoms with Crippen molar-refractivity contribution in [1.82, 2.24) is 5.32 Å². The number of nitrogens with zero attached hydrogens (tertiary/aromatic N) is 1. The van der Waals surface area contributed by atoms with Crippen LogP contribution in [0.2, 0.25) is 0 Å². The minimum absolute atomic E-state index is 0.0174. The first kappa shape index (κ1) is 15.6. The Labute approximate surface area is 138 Å². The van der Waals surface area contributed by atoms with E-state index in [0.29, 0.717) is 0 Å². The third-order valence-electron chi connectivity index (χ3n) is 3.98. The first-order chi connectivity index (χ1) is 11.0. The molecule has 1 aliphatic heterocycles. The summed E-state index contributed by atoms with van der Waals surface area (Å²) in [5, 5.41) is 3.57. The van der Waals surface area contributed by atoms with Gasteiger partial charge in [0.25, 0.3) is 0 Å². The van der Waals surface area contributed by atoms with Crippen LogP contribution in [0.3, 0.4) is 0 Å². The second-order valence-corrected chi connectivity index (χ2v) is 6.80.